The van der Waals surface area contributed by atoms with E-state index in [2.05, 4.69) is 18.5 Å². The van der Waals surface area contributed by atoms with Crippen molar-refractivity contribution in [3.05, 3.63) is 33.8 Å². The van der Waals surface area contributed by atoms with Gasteiger partial charge in [-0.05, 0) is 44.1 Å². The third-order valence-corrected chi connectivity index (χ3v) is 5.58. The molecular weight excluding hydrogens is 285 g/mol. The van der Waals surface area contributed by atoms with E-state index >= 15 is 0 Å². The summed E-state index contributed by atoms with van der Waals surface area (Å²) in [5.41, 5.74) is 1.09. The summed E-state index contributed by atoms with van der Waals surface area (Å²) in [7, 11) is 0. The smallest absolute Gasteiger partial charge is 0.0639 e. The second-order valence-corrected chi connectivity index (χ2v) is 6.82. The highest BCUT2D eigenvalue weighted by atomic mass is 35.5. The molecule has 3 atom stereocenters. The third-order valence-electron chi connectivity index (χ3n) is 3.65. The van der Waals surface area contributed by atoms with Gasteiger partial charge in [-0.25, -0.2) is 0 Å². The van der Waals surface area contributed by atoms with E-state index < -0.39 is 0 Å². The minimum atomic E-state index is 0.252. The summed E-state index contributed by atoms with van der Waals surface area (Å²) in [5.74, 6) is 0. The Balaban J connectivity index is 2.00. The minimum absolute atomic E-state index is 0.252. The molecule has 1 fully saturated rings. The lowest BCUT2D eigenvalue weighted by atomic mass is 10.1. The summed E-state index contributed by atoms with van der Waals surface area (Å²) in [6.45, 7) is 2.16. The predicted molar refractivity (Wildman–Crippen MR) is 83.0 cm³/mol. The van der Waals surface area contributed by atoms with Gasteiger partial charge in [-0.3, -0.25) is 0 Å². The number of halogens is 2. The van der Waals surface area contributed by atoms with Crippen LogP contribution < -0.4 is 5.32 Å². The van der Waals surface area contributed by atoms with Crippen LogP contribution in [0.1, 0.15) is 37.8 Å². The van der Waals surface area contributed by atoms with Crippen molar-refractivity contribution in [2.75, 3.05) is 6.26 Å². The van der Waals surface area contributed by atoms with Crippen LogP contribution >= 0.6 is 35.0 Å². The molecule has 1 saturated carbocycles. The van der Waals surface area contributed by atoms with Crippen LogP contribution in [0, 0.1) is 0 Å². The maximum atomic E-state index is 6.25. The average Bonchev–Trinajstić information content (AvgIpc) is 2.80. The lowest BCUT2D eigenvalue weighted by Gasteiger charge is -2.21. The van der Waals surface area contributed by atoms with Gasteiger partial charge in [-0.15, -0.1) is 0 Å². The number of hydrogen-bond acceptors (Lipinski definition) is 2. The van der Waals surface area contributed by atoms with E-state index in [9.17, 15) is 0 Å². The Bertz CT molecular complexity index is 411. The molecule has 0 aliphatic heterocycles. The average molecular weight is 304 g/mol. The van der Waals surface area contributed by atoms with E-state index in [4.69, 9.17) is 23.2 Å². The fraction of sp³-hybridized carbons (Fsp3) is 0.571. The highest BCUT2D eigenvalue weighted by Crippen LogP contribution is 2.33. The Morgan fingerprint density at radius 1 is 1.33 bits per heavy atom. The second kappa shape index (κ2) is 6.51. The van der Waals surface area contributed by atoms with Gasteiger partial charge < -0.3 is 5.32 Å². The van der Waals surface area contributed by atoms with Gasteiger partial charge in [-0.2, -0.15) is 11.8 Å². The van der Waals surface area contributed by atoms with Gasteiger partial charge in [0.05, 0.1) is 10.0 Å². The molecule has 0 radical (unpaired) electrons. The summed E-state index contributed by atoms with van der Waals surface area (Å²) in [6.07, 6.45) is 6.02. The molecule has 18 heavy (non-hydrogen) atoms. The second-order valence-electron chi connectivity index (χ2n) is 4.90. The first kappa shape index (κ1) is 14.5. The molecule has 0 bridgehead atoms. The Hall–Kier alpha value is 0.110. The number of thioether (sulfide) groups is 1. The molecule has 1 aliphatic carbocycles. The predicted octanol–water partition coefficient (Wildman–Crippen LogP) is 4.93. The SMILES string of the molecule is CSC1CCC(NC(C)c2cccc(Cl)c2Cl)C1. The first-order valence-corrected chi connectivity index (χ1v) is 8.39. The van der Waals surface area contributed by atoms with E-state index in [0.717, 1.165) is 10.8 Å². The van der Waals surface area contributed by atoms with Crippen LogP contribution in [0.25, 0.3) is 0 Å². The van der Waals surface area contributed by atoms with Crippen LogP contribution in [0.2, 0.25) is 10.0 Å². The molecule has 4 heteroatoms. The highest BCUT2D eigenvalue weighted by Gasteiger charge is 2.25. The fourth-order valence-corrected chi connectivity index (χ4v) is 3.87. The lowest BCUT2D eigenvalue weighted by Crippen LogP contribution is -2.29. The van der Waals surface area contributed by atoms with Gasteiger partial charge in [0.1, 0.15) is 0 Å². The van der Waals surface area contributed by atoms with E-state index in [0.29, 0.717) is 16.1 Å². The van der Waals surface area contributed by atoms with E-state index in [1.165, 1.54) is 19.3 Å². The number of nitrogens with one attached hydrogen (secondary N) is 1. The summed E-state index contributed by atoms with van der Waals surface area (Å²) in [5, 5.41) is 5.80. The molecular formula is C14H19Cl2NS. The quantitative estimate of drug-likeness (QED) is 0.846. The molecule has 0 spiro atoms. The van der Waals surface area contributed by atoms with Gasteiger partial charge in [0, 0.05) is 17.3 Å². The zero-order chi connectivity index (χ0) is 13.1. The number of benzene rings is 1. The highest BCUT2D eigenvalue weighted by molar-refractivity contribution is 7.99. The van der Waals surface area contributed by atoms with Crippen LogP contribution in [0.15, 0.2) is 18.2 Å². The molecule has 0 amide bonds. The zero-order valence-electron chi connectivity index (χ0n) is 10.7. The van der Waals surface area contributed by atoms with Crippen molar-refractivity contribution in [1.82, 2.24) is 5.32 Å². The Morgan fingerprint density at radius 3 is 2.78 bits per heavy atom. The summed E-state index contributed by atoms with van der Waals surface area (Å²) in [4.78, 5) is 0. The zero-order valence-corrected chi connectivity index (χ0v) is 13.1. The normalized spacial score (nSPS) is 25.3. The van der Waals surface area contributed by atoms with E-state index in [1.807, 2.05) is 30.0 Å². The third kappa shape index (κ3) is 3.36. The molecule has 0 heterocycles. The van der Waals surface area contributed by atoms with Crippen LogP contribution in [0.4, 0.5) is 0 Å². The summed E-state index contributed by atoms with van der Waals surface area (Å²) in [6, 6.07) is 6.70. The van der Waals surface area contributed by atoms with Crippen molar-refractivity contribution in [1.29, 1.82) is 0 Å². The summed E-state index contributed by atoms with van der Waals surface area (Å²) < 4.78 is 0. The molecule has 3 unspecified atom stereocenters. The van der Waals surface area contributed by atoms with Crippen LogP contribution in [0.5, 0.6) is 0 Å². The molecule has 1 aromatic carbocycles. The molecule has 1 aromatic rings. The lowest BCUT2D eigenvalue weighted by molar-refractivity contribution is 0.462. The van der Waals surface area contributed by atoms with Crippen molar-refractivity contribution >= 4 is 35.0 Å². The molecule has 1 nitrogen and oxygen atoms in total. The maximum Gasteiger partial charge on any atom is 0.0639 e. The molecule has 1 N–H and O–H groups in total. The molecule has 1 aliphatic rings. The Kier molecular flexibility index (Phi) is 5.25. The number of hydrogen-bond donors (Lipinski definition) is 1. The Labute approximate surface area is 124 Å². The van der Waals surface area contributed by atoms with Crippen molar-refractivity contribution in [3.8, 4) is 0 Å². The van der Waals surface area contributed by atoms with Crippen molar-refractivity contribution in [3.63, 3.8) is 0 Å². The fourth-order valence-electron chi connectivity index (χ4n) is 2.60. The van der Waals surface area contributed by atoms with Crippen molar-refractivity contribution in [2.45, 2.75) is 43.5 Å². The van der Waals surface area contributed by atoms with E-state index in [1.54, 1.807) is 0 Å². The summed E-state index contributed by atoms with van der Waals surface area (Å²) >= 11 is 14.3. The standard InChI is InChI=1S/C14H19Cl2NS/c1-9(12-4-3-5-13(15)14(12)16)17-10-6-7-11(8-10)18-2/h3-5,9-11,17H,6-8H2,1-2H3. The topological polar surface area (TPSA) is 12.0 Å². The Morgan fingerprint density at radius 2 is 2.11 bits per heavy atom. The van der Waals surface area contributed by atoms with Crippen LogP contribution in [0.3, 0.4) is 0 Å². The number of rotatable bonds is 4. The van der Waals surface area contributed by atoms with Gasteiger partial charge in [-0.1, -0.05) is 35.3 Å². The minimum Gasteiger partial charge on any atom is -0.307 e. The van der Waals surface area contributed by atoms with Gasteiger partial charge in [0.25, 0.3) is 0 Å². The first-order chi connectivity index (χ1) is 8.61. The molecule has 100 valence electrons. The van der Waals surface area contributed by atoms with E-state index in [-0.39, 0.29) is 6.04 Å². The maximum absolute atomic E-state index is 6.25. The van der Waals surface area contributed by atoms with Crippen molar-refractivity contribution in [2.24, 2.45) is 0 Å². The largest absolute Gasteiger partial charge is 0.307 e. The van der Waals surface area contributed by atoms with Crippen molar-refractivity contribution < 1.29 is 0 Å². The first-order valence-electron chi connectivity index (χ1n) is 6.34. The molecule has 0 saturated heterocycles. The van der Waals surface area contributed by atoms with Gasteiger partial charge in [0.2, 0.25) is 0 Å². The van der Waals surface area contributed by atoms with Crippen LogP contribution in [-0.4, -0.2) is 17.5 Å². The monoisotopic (exact) mass is 303 g/mol. The van der Waals surface area contributed by atoms with Gasteiger partial charge >= 0.3 is 0 Å². The van der Waals surface area contributed by atoms with Crippen LogP contribution in [-0.2, 0) is 0 Å². The molecule has 0 aromatic heterocycles. The van der Waals surface area contributed by atoms with Gasteiger partial charge in [0.15, 0.2) is 0 Å². The molecule has 2 rings (SSSR count).